The molecular weight excluding hydrogens is 248 g/mol. The van der Waals surface area contributed by atoms with Crippen molar-refractivity contribution in [3.63, 3.8) is 0 Å². The van der Waals surface area contributed by atoms with E-state index in [-0.39, 0.29) is 6.10 Å². The third-order valence-corrected chi connectivity index (χ3v) is 3.77. The Morgan fingerprint density at radius 1 is 1.39 bits per heavy atom. The average Bonchev–Trinajstić information content (AvgIpc) is 2.41. The van der Waals surface area contributed by atoms with Crippen molar-refractivity contribution in [1.29, 1.82) is 5.26 Å². The molecule has 4 heteroatoms. The van der Waals surface area contributed by atoms with Gasteiger partial charge in [0.05, 0.1) is 22.7 Å². The minimum absolute atomic E-state index is 0.250. The quantitative estimate of drug-likeness (QED) is 0.908. The van der Waals surface area contributed by atoms with Crippen molar-refractivity contribution in [3.05, 3.63) is 28.8 Å². The van der Waals surface area contributed by atoms with Crippen LogP contribution in [0.15, 0.2) is 18.2 Å². The lowest BCUT2D eigenvalue weighted by Crippen LogP contribution is -2.37. The molecule has 0 amide bonds. The predicted molar refractivity (Wildman–Crippen MR) is 72.8 cm³/mol. The number of methoxy groups -OCH3 is 1. The van der Waals surface area contributed by atoms with Crippen LogP contribution in [0.3, 0.4) is 0 Å². The zero-order valence-electron chi connectivity index (χ0n) is 10.4. The van der Waals surface area contributed by atoms with Crippen molar-refractivity contribution in [2.24, 2.45) is 0 Å². The summed E-state index contributed by atoms with van der Waals surface area (Å²) in [6.07, 6.45) is 4.88. The normalized spacial score (nSPS) is 23.4. The molecule has 0 bridgehead atoms. The topological polar surface area (TPSA) is 45.0 Å². The van der Waals surface area contributed by atoms with E-state index in [4.69, 9.17) is 21.6 Å². The van der Waals surface area contributed by atoms with Gasteiger partial charge in [-0.2, -0.15) is 5.26 Å². The largest absolute Gasteiger partial charge is 0.380 e. The number of ether oxygens (including phenoxy) is 1. The maximum Gasteiger partial charge on any atom is 0.101 e. The first-order chi connectivity index (χ1) is 8.74. The lowest BCUT2D eigenvalue weighted by atomic mass is 9.92. The van der Waals surface area contributed by atoms with Gasteiger partial charge in [-0.25, -0.2) is 0 Å². The van der Waals surface area contributed by atoms with Crippen LogP contribution < -0.4 is 5.32 Å². The minimum Gasteiger partial charge on any atom is -0.380 e. The van der Waals surface area contributed by atoms with Gasteiger partial charge in [0.2, 0.25) is 0 Å². The summed E-state index contributed by atoms with van der Waals surface area (Å²) in [5, 5.41) is 12.9. The number of nitriles is 1. The van der Waals surface area contributed by atoms with Crippen molar-refractivity contribution < 1.29 is 4.74 Å². The molecule has 2 unspecified atom stereocenters. The Balaban J connectivity index is 2.11. The van der Waals surface area contributed by atoms with Gasteiger partial charge in [-0.3, -0.25) is 0 Å². The Bertz CT molecular complexity index is 456. The van der Waals surface area contributed by atoms with Gasteiger partial charge in [-0.15, -0.1) is 0 Å². The second kappa shape index (κ2) is 6.08. The number of benzene rings is 1. The maximum absolute atomic E-state index is 8.96. The fourth-order valence-corrected chi connectivity index (χ4v) is 2.62. The summed E-state index contributed by atoms with van der Waals surface area (Å²) in [7, 11) is 1.76. The molecule has 0 aromatic heterocycles. The molecule has 1 aromatic rings. The van der Waals surface area contributed by atoms with Crippen molar-refractivity contribution in [1.82, 2.24) is 0 Å². The molecule has 0 saturated heterocycles. The van der Waals surface area contributed by atoms with Gasteiger partial charge < -0.3 is 10.1 Å². The first-order valence-corrected chi connectivity index (χ1v) is 6.61. The van der Waals surface area contributed by atoms with E-state index in [1.54, 1.807) is 19.2 Å². The van der Waals surface area contributed by atoms with Gasteiger partial charge in [0, 0.05) is 12.8 Å². The molecule has 1 aliphatic rings. The van der Waals surface area contributed by atoms with Crippen LogP contribution in [-0.2, 0) is 4.74 Å². The van der Waals surface area contributed by atoms with Crippen LogP contribution in [0.4, 0.5) is 5.69 Å². The molecule has 18 heavy (non-hydrogen) atoms. The van der Waals surface area contributed by atoms with Gasteiger partial charge in [-0.1, -0.05) is 24.4 Å². The summed E-state index contributed by atoms with van der Waals surface area (Å²) in [4.78, 5) is 0. The SMILES string of the molecule is COC1CCCCC1Nc1ccc(Cl)c(C#N)c1. The molecule has 0 aliphatic heterocycles. The fourth-order valence-electron chi connectivity index (χ4n) is 2.46. The summed E-state index contributed by atoms with van der Waals surface area (Å²) in [5.41, 5.74) is 1.44. The van der Waals surface area contributed by atoms with Crippen LogP contribution in [0, 0.1) is 11.3 Å². The second-order valence-corrected chi connectivity index (χ2v) is 5.02. The van der Waals surface area contributed by atoms with Crippen LogP contribution in [-0.4, -0.2) is 19.3 Å². The Morgan fingerprint density at radius 2 is 2.17 bits per heavy atom. The fraction of sp³-hybridized carbons (Fsp3) is 0.500. The highest BCUT2D eigenvalue weighted by molar-refractivity contribution is 6.31. The van der Waals surface area contributed by atoms with Crippen LogP contribution in [0.2, 0.25) is 5.02 Å². The highest BCUT2D eigenvalue weighted by Crippen LogP contribution is 2.26. The molecule has 1 aromatic carbocycles. The zero-order valence-corrected chi connectivity index (χ0v) is 11.2. The standard InChI is InChI=1S/C14H17ClN2O/c1-18-14-5-3-2-4-13(14)17-11-6-7-12(15)10(8-11)9-16/h6-8,13-14,17H,2-5H2,1H3. The van der Waals surface area contributed by atoms with Crippen LogP contribution >= 0.6 is 11.6 Å². The number of hydrogen-bond donors (Lipinski definition) is 1. The maximum atomic E-state index is 8.96. The number of nitrogens with one attached hydrogen (secondary N) is 1. The summed E-state index contributed by atoms with van der Waals surface area (Å²) in [6.45, 7) is 0. The van der Waals surface area contributed by atoms with Gasteiger partial charge >= 0.3 is 0 Å². The summed E-state index contributed by atoms with van der Waals surface area (Å²) >= 11 is 5.92. The number of hydrogen-bond acceptors (Lipinski definition) is 3. The molecule has 1 aliphatic carbocycles. The first kappa shape index (κ1) is 13.2. The molecular formula is C14H17ClN2O. The van der Waals surface area contributed by atoms with Gasteiger partial charge in [0.15, 0.2) is 0 Å². The number of nitrogens with zero attached hydrogens (tertiary/aromatic N) is 1. The van der Waals surface area contributed by atoms with E-state index in [0.29, 0.717) is 16.6 Å². The first-order valence-electron chi connectivity index (χ1n) is 6.23. The Hall–Kier alpha value is -1.24. The van der Waals surface area contributed by atoms with E-state index >= 15 is 0 Å². The van der Waals surface area contributed by atoms with Crippen LogP contribution in [0.25, 0.3) is 0 Å². The Morgan fingerprint density at radius 3 is 2.89 bits per heavy atom. The van der Waals surface area contributed by atoms with Crippen molar-refractivity contribution in [2.45, 2.75) is 37.8 Å². The lowest BCUT2D eigenvalue weighted by molar-refractivity contribution is 0.0606. The summed E-state index contributed by atoms with van der Waals surface area (Å²) < 4.78 is 5.50. The third kappa shape index (κ3) is 2.95. The molecule has 1 N–H and O–H groups in total. The monoisotopic (exact) mass is 264 g/mol. The van der Waals surface area contributed by atoms with E-state index in [2.05, 4.69) is 11.4 Å². The van der Waals surface area contributed by atoms with E-state index in [1.165, 1.54) is 12.8 Å². The van der Waals surface area contributed by atoms with Gasteiger partial charge in [0.25, 0.3) is 0 Å². The molecule has 96 valence electrons. The minimum atomic E-state index is 0.250. The highest BCUT2D eigenvalue weighted by atomic mass is 35.5. The number of rotatable bonds is 3. The highest BCUT2D eigenvalue weighted by Gasteiger charge is 2.24. The molecule has 2 rings (SSSR count). The van der Waals surface area contributed by atoms with Crippen molar-refractivity contribution in [3.8, 4) is 6.07 Å². The number of halogens is 1. The van der Waals surface area contributed by atoms with E-state index < -0.39 is 0 Å². The average molecular weight is 265 g/mol. The Labute approximate surface area is 113 Å². The zero-order chi connectivity index (χ0) is 13.0. The van der Waals surface area contributed by atoms with E-state index in [0.717, 1.165) is 18.5 Å². The summed E-state index contributed by atoms with van der Waals surface area (Å²) in [5.74, 6) is 0. The van der Waals surface area contributed by atoms with Gasteiger partial charge in [0.1, 0.15) is 6.07 Å². The van der Waals surface area contributed by atoms with E-state index in [9.17, 15) is 0 Å². The lowest BCUT2D eigenvalue weighted by Gasteiger charge is -2.31. The van der Waals surface area contributed by atoms with Crippen LogP contribution in [0.5, 0.6) is 0 Å². The Kier molecular flexibility index (Phi) is 4.46. The summed E-state index contributed by atoms with van der Waals surface area (Å²) in [6, 6.07) is 7.87. The molecule has 0 heterocycles. The molecule has 3 nitrogen and oxygen atoms in total. The smallest absolute Gasteiger partial charge is 0.101 e. The molecule has 0 radical (unpaired) electrons. The van der Waals surface area contributed by atoms with E-state index in [1.807, 2.05) is 6.07 Å². The predicted octanol–water partition coefficient (Wildman–Crippen LogP) is 3.58. The van der Waals surface area contributed by atoms with Crippen LogP contribution in [0.1, 0.15) is 31.2 Å². The molecule has 0 spiro atoms. The second-order valence-electron chi connectivity index (χ2n) is 4.62. The molecule has 1 fully saturated rings. The number of anilines is 1. The van der Waals surface area contributed by atoms with Crippen molar-refractivity contribution in [2.75, 3.05) is 12.4 Å². The molecule has 2 atom stereocenters. The molecule has 1 saturated carbocycles. The third-order valence-electron chi connectivity index (χ3n) is 3.44. The van der Waals surface area contributed by atoms with Gasteiger partial charge in [-0.05, 0) is 31.0 Å². The van der Waals surface area contributed by atoms with Crippen molar-refractivity contribution >= 4 is 17.3 Å².